The minimum absolute atomic E-state index is 0.0600. The highest BCUT2D eigenvalue weighted by molar-refractivity contribution is 6.20. The smallest absolute Gasteiger partial charge is 0.169 e. The number of fused-ring (bicyclic) bond motifs is 1. The summed E-state index contributed by atoms with van der Waals surface area (Å²) in [6.45, 7) is 11.7. The Kier molecular flexibility index (Phi) is 4.32. The molecule has 1 atom stereocenters. The average Bonchev–Trinajstić information content (AvgIpc) is 2.80. The van der Waals surface area contributed by atoms with Crippen molar-refractivity contribution < 1.29 is 4.79 Å². The van der Waals surface area contributed by atoms with Gasteiger partial charge in [-0.2, -0.15) is 0 Å². The van der Waals surface area contributed by atoms with Gasteiger partial charge in [0.15, 0.2) is 5.78 Å². The van der Waals surface area contributed by atoms with E-state index in [2.05, 4.69) is 51.3 Å². The van der Waals surface area contributed by atoms with E-state index < -0.39 is 0 Å². The summed E-state index contributed by atoms with van der Waals surface area (Å²) >= 11 is 6.46. The molecule has 1 fully saturated rings. The van der Waals surface area contributed by atoms with Crippen LogP contribution < -0.4 is 0 Å². The minimum atomic E-state index is 0.0600. The molecule has 24 heavy (non-hydrogen) atoms. The van der Waals surface area contributed by atoms with Crippen molar-refractivity contribution in [1.82, 2.24) is 4.57 Å². The van der Waals surface area contributed by atoms with Gasteiger partial charge in [0.25, 0.3) is 0 Å². The fourth-order valence-electron chi connectivity index (χ4n) is 4.22. The molecule has 1 aliphatic rings. The maximum Gasteiger partial charge on any atom is 0.169 e. The van der Waals surface area contributed by atoms with Crippen molar-refractivity contribution in [3.8, 4) is 0 Å². The number of Topliss-reactive ketones (excluding diaryl/α,β-unsaturated/α-hetero) is 1. The molecule has 2 nitrogen and oxygen atoms in total. The van der Waals surface area contributed by atoms with E-state index >= 15 is 0 Å². The molecule has 3 heteroatoms. The fraction of sp³-hybridized carbons (Fsp3) is 0.571. The highest BCUT2D eigenvalue weighted by Crippen LogP contribution is 2.69. The lowest BCUT2D eigenvalue weighted by Gasteiger charge is -2.10. The summed E-state index contributed by atoms with van der Waals surface area (Å²) in [4.78, 5) is 13.2. The number of benzene rings is 1. The van der Waals surface area contributed by atoms with Gasteiger partial charge in [0.05, 0.1) is 5.38 Å². The monoisotopic (exact) mass is 345 g/mol. The molecule has 1 heterocycles. The lowest BCUT2D eigenvalue weighted by atomic mass is 10.0. The van der Waals surface area contributed by atoms with Gasteiger partial charge in [0.1, 0.15) is 0 Å². The van der Waals surface area contributed by atoms with Gasteiger partial charge in [-0.15, -0.1) is 11.6 Å². The summed E-state index contributed by atoms with van der Waals surface area (Å²) < 4.78 is 2.16. The lowest BCUT2D eigenvalue weighted by molar-refractivity contribution is 0.0946. The minimum Gasteiger partial charge on any atom is -0.345 e. The number of carbonyl (C=O) groups excluding carboxylic acids is 1. The molecular formula is C21H28ClNO. The number of ketones is 1. The Morgan fingerprint density at radius 3 is 2.42 bits per heavy atom. The molecule has 0 aliphatic heterocycles. The summed E-state index contributed by atoms with van der Waals surface area (Å²) in [6, 6.07) is 8.19. The first-order valence-electron chi connectivity index (χ1n) is 8.98. The SMILES string of the molecule is CCCC(Cl)Cn1cc(C(=O)C2C(C)(C)C2(C)C)c2ccccc21. The van der Waals surface area contributed by atoms with E-state index in [1.807, 2.05) is 18.3 Å². The van der Waals surface area contributed by atoms with Crippen LogP contribution in [0.4, 0.5) is 0 Å². The third kappa shape index (κ3) is 2.60. The van der Waals surface area contributed by atoms with Crippen LogP contribution in [-0.4, -0.2) is 15.7 Å². The van der Waals surface area contributed by atoms with Gasteiger partial charge in [-0.3, -0.25) is 4.79 Å². The third-order valence-electron chi connectivity index (χ3n) is 6.33. The molecule has 130 valence electrons. The van der Waals surface area contributed by atoms with E-state index in [0.717, 1.165) is 35.9 Å². The van der Waals surface area contributed by atoms with Crippen LogP contribution in [0, 0.1) is 16.7 Å². The molecule has 1 aromatic carbocycles. The zero-order valence-corrected chi connectivity index (χ0v) is 16.2. The molecule has 0 bridgehead atoms. The topological polar surface area (TPSA) is 22.0 Å². The number of halogens is 1. The molecule has 1 unspecified atom stereocenters. The Morgan fingerprint density at radius 1 is 1.21 bits per heavy atom. The second kappa shape index (κ2) is 5.91. The van der Waals surface area contributed by atoms with E-state index in [9.17, 15) is 4.79 Å². The van der Waals surface area contributed by atoms with Crippen molar-refractivity contribution in [3.63, 3.8) is 0 Å². The normalized spacial score (nSPS) is 20.2. The molecule has 2 aromatic rings. The molecule has 3 rings (SSSR count). The van der Waals surface area contributed by atoms with Crippen LogP contribution in [-0.2, 0) is 6.54 Å². The van der Waals surface area contributed by atoms with Gasteiger partial charge in [-0.25, -0.2) is 0 Å². The second-order valence-electron chi connectivity index (χ2n) is 8.34. The van der Waals surface area contributed by atoms with E-state index in [1.54, 1.807) is 0 Å². The number of rotatable bonds is 6. The van der Waals surface area contributed by atoms with Gasteiger partial charge in [0, 0.05) is 35.1 Å². The zero-order valence-electron chi connectivity index (χ0n) is 15.4. The molecular weight excluding hydrogens is 318 g/mol. The maximum atomic E-state index is 13.2. The van der Waals surface area contributed by atoms with Gasteiger partial charge in [-0.05, 0) is 23.3 Å². The first kappa shape index (κ1) is 17.5. The molecule has 0 N–H and O–H groups in total. The van der Waals surface area contributed by atoms with Gasteiger partial charge < -0.3 is 4.57 Å². The Bertz CT molecular complexity index is 757. The van der Waals surface area contributed by atoms with Crippen LogP contribution in [0.5, 0.6) is 0 Å². The Labute approximate surface area is 150 Å². The van der Waals surface area contributed by atoms with E-state index in [0.29, 0.717) is 0 Å². The molecule has 0 radical (unpaired) electrons. The van der Waals surface area contributed by atoms with Gasteiger partial charge >= 0.3 is 0 Å². The summed E-state index contributed by atoms with van der Waals surface area (Å²) in [5.41, 5.74) is 2.09. The molecule has 1 aromatic heterocycles. The van der Waals surface area contributed by atoms with Gasteiger partial charge in [0.2, 0.25) is 0 Å². The van der Waals surface area contributed by atoms with Crippen molar-refractivity contribution >= 4 is 28.3 Å². The number of carbonyl (C=O) groups is 1. The summed E-state index contributed by atoms with van der Waals surface area (Å²) in [7, 11) is 0. The van der Waals surface area contributed by atoms with Crippen LogP contribution in [0.2, 0.25) is 0 Å². The number of hydrogen-bond donors (Lipinski definition) is 0. The number of hydrogen-bond acceptors (Lipinski definition) is 1. The number of alkyl halides is 1. The first-order valence-corrected chi connectivity index (χ1v) is 9.41. The molecule has 0 spiro atoms. The average molecular weight is 346 g/mol. The Balaban J connectivity index is 1.99. The highest BCUT2D eigenvalue weighted by atomic mass is 35.5. The lowest BCUT2D eigenvalue weighted by Crippen LogP contribution is -2.10. The summed E-state index contributed by atoms with van der Waals surface area (Å²) in [5.74, 6) is 0.369. The summed E-state index contributed by atoms with van der Waals surface area (Å²) in [6.07, 6.45) is 4.09. The van der Waals surface area contributed by atoms with Crippen LogP contribution in [0.3, 0.4) is 0 Å². The zero-order chi connectivity index (χ0) is 17.7. The standard InChI is InChI=1S/C21H28ClNO/c1-6-9-14(22)12-23-13-16(15-10-7-8-11-17(15)23)18(24)19-20(2,3)21(19,4)5/h7-8,10-11,13-14,19H,6,9,12H2,1-5H3. The van der Waals surface area contributed by atoms with Gasteiger partial charge in [-0.1, -0.05) is 59.2 Å². The Morgan fingerprint density at radius 2 is 1.83 bits per heavy atom. The number of para-hydroxylation sites is 1. The maximum absolute atomic E-state index is 13.2. The number of aromatic nitrogens is 1. The molecule has 0 amide bonds. The van der Waals surface area contributed by atoms with Crippen molar-refractivity contribution in [2.24, 2.45) is 16.7 Å². The molecule has 1 aliphatic carbocycles. The van der Waals surface area contributed by atoms with E-state index in [4.69, 9.17) is 11.6 Å². The number of nitrogens with zero attached hydrogens (tertiary/aromatic N) is 1. The van der Waals surface area contributed by atoms with Crippen LogP contribution in [0.15, 0.2) is 30.5 Å². The molecule has 1 saturated carbocycles. The third-order valence-corrected chi connectivity index (χ3v) is 6.69. The molecule has 0 saturated heterocycles. The van der Waals surface area contributed by atoms with E-state index in [1.165, 1.54) is 0 Å². The van der Waals surface area contributed by atoms with Crippen molar-refractivity contribution in [3.05, 3.63) is 36.0 Å². The predicted molar refractivity (Wildman–Crippen MR) is 102 cm³/mol. The van der Waals surface area contributed by atoms with Crippen LogP contribution in [0.1, 0.15) is 57.8 Å². The van der Waals surface area contributed by atoms with Crippen molar-refractivity contribution in [2.45, 2.75) is 59.4 Å². The highest BCUT2D eigenvalue weighted by Gasteiger charge is 2.68. The second-order valence-corrected chi connectivity index (χ2v) is 8.96. The van der Waals surface area contributed by atoms with Crippen LogP contribution in [0.25, 0.3) is 10.9 Å². The summed E-state index contributed by atoms with van der Waals surface area (Å²) in [5, 5.41) is 1.16. The fourth-order valence-corrected chi connectivity index (χ4v) is 4.59. The largest absolute Gasteiger partial charge is 0.345 e. The van der Waals surface area contributed by atoms with Crippen molar-refractivity contribution in [2.75, 3.05) is 0 Å². The quantitative estimate of drug-likeness (QED) is 0.471. The first-order chi connectivity index (χ1) is 11.2. The Hall–Kier alpha value is -1.28. The van der Waals surface area contributed by atoms with Crippen molar-refractivity contribution in [1.29, 1.82) is 0 Å². The predicted octanol–water partition coefficient (Wildman–Crippen LogP) is 5.91. The van der Waals surface area contributed by atoms with Crippen LogP contribution >= 0.6 is 11.6 Å². The van der Waals surface area contributed by atoms with E-state index in [-0.39, 0.29) is 27.9 Å².